The Morgan fingerprint density at radius 1 is 1.13 bits per heavy atom. The molecule has 1 aliphatic carbocycles. The number of nitrogens with zero attached hydrogens (tertiary/aromatic N) is 1. The highest BCUT2D eigenvalue weighted by Gasteiger charge is 2.31. The molecule has 23 heavy (non-hydrogen) atoms. The van der Waals surface area contributed by atoms with Crippen molar-refractivity contribution in [2.45, 2.75) is 38.1 Å². The van der Waals surface area contributed by atoms with E-state index in [1.165, 1.54) is 17.4 Å². The second-order valence-electron chi connectivity index (χ2n) is 6.70. The summed E-state index contributed by atoms with van der Waals surface area (Å²) in [5.41, 5.74) is 2.67. The molecule has 0 unspecified atom stereocenters. The van der Waals surface area contributed by atoms with E-state index in [1.807, 2.05) is 11.0 Å². The Morgan fingerprint density at radius 3 is 2.43 bits per heavy atom. The molecule has 1 heterocycles. The molecule has 0 spiro atoms. The van der Waals surface area contributed by atoms with Gasteiger partial charge in [-0.1, -0.05) is 24.3 Å². The molecule has 1 amide bonds. The number of rotatable bonds is 3. The van der Waals surface area contributed by atoms with Crippen molar-refractivity contribution in [1.29, 1.82) is 0 Å². The van der Waals surface area contributed by atoms with E-state index < -0.39 is 10.0 Å². The van der Waals surface area contributed by atoms with Gasteiger partial charge < -0.3 is 4.90 Å². The minimum atomic E-state index is -3.17. The molecular weight excluding hydrogens is 312 g/mol. The van der Waals surface area contributed by atoms with Gasteiger partial charge in [-0.25, -0.2) is 13.1 Å². The van der Waals surface area contributed by atoms with Crippen molar-refractivity contribution < 1.29 is 13.2 Å². The van der Waals surface area contributed by atoms with Gasteiger partial charge in [0.2, 0.25) is 15.9 Å². The monoisotopic (exact) mass is 336 g/mol. The van der Waals surface area contributed by atoms with Crippen molar-refractivity contribution in [3.63, 3.8) is 0 Å². The molecule has 6 heteroatoms. The molecule has 1 atom stereocenters. The zero-order valence-corrected chi connectivity index (χ0v) is 14.3. The molecule has 2 aliphatic rings. The molecule has 126 valence electrons. The molecule has 1 saturated heterocycles. The van der Waals surface area contributed by atoms with Gasteiger partial charge in [-0.15, -0.1) is 0 Å². The lowest BCUT2D eigenvalue weighted by atomic mass is 9.83. The highest BCUT2D eigenvalue weighted by Crippen LogP contribution is 2.27. The van der Waals surface area contributed by atoms with Crippen LogP contribution in [-0.2, 0) is 27.7 Å². The van der Waals surface area contributed by atoms with Crippen LogP contribution in [0.2, 0.25) is 0 Å². The molecular formula is C17H24N2O3S. The van der Waals surface area contributed by atoms with E-state index in [-0.39, 0.29) is 17.9 Å². The van der Waals surface area contributed by atoms with Crippen molar-refractivity contribution in [2.75, 3.05) is 19.3 Å². The molecule has 1 N–H and O–H groups in total. The van der Waals surface area contributed by atoms with Gasteiger partial charge in [-0.3, -0.25) is 4.79 Å². The number of sulfonamides is 1. The molecule has 3 rings (SSSR count). The highest BCUT2D eigenvalue weighted by atomic mass is 32.2. The molecule has 1 aliphatic heterocycles. The van der Waals surface area contributed by atoms with Crippen LogP contribution < -0.4 is 4.72 Å². The number of aryl methyl sites for hydroxylation is 1. The Kier molecular flexibility index (Phi) is 4.73. The van der Waals surface area contributed by atoms with E-state index in [0.29, 0.717) is 25.9 Å². The normalized spacial score (nSPS) is 22.7. The Bertz CT molecular complexity index is 679. The molecule has 0 saturated carbocycles. The molecule has 1 fully saturated rings. The van der Waals surface area contributed by atoms with Crippen LogP contribution >= 0.6 is 0 Å². The van der Waals surface area contributed by atoms with Crippen molar-refractivity contribution in [3.8, 4) is 0 Å². The molecule has 0 aromatic heterocycles. The summed E-state index contributed by atoms with van der Waals surface area (Å²) in [6.07, 6.45) is 5.29. The first kappa shape index (κ1) is 16.5. The van der Waals surface area contributed by atoms with Crippen LogP contribution in [0.25, 0.3) is 0 Å². The summed E-state index contributed by atoms with van der Waals surface area (Å²) in [6.45, 7) is 1.29. The third kappa shape index (κ3) is 4.12. The molecule has 1 aromatic rings. The Labute approximate surface area is 138 Å². The lowest BCUT2D eigenvalue weighted by molar-refractivity contribution is -0.137. The number of amides is 1. The summed E-state index contributed by atoms with van der Waals surface area (Å²) in [6, 6.07) is 8.32. The fourth-order valence-electron chi connectivity index (χ4n) is 3.69. The number of likely N-dealkylation sites (tertiary alicyclic amines) is 1. The van der Waals surface area contributed by atoms with E-state index in [2.05, 4.69) is 22.9 Å². The van der Waals surface area contributed by atoms with Gasteiger partial charge in [0.25, 0.3) is 0 Å². The smallest absolute Gasteiger partial charge is 0.226 e. The summed E-state index contributed by atoms with van der Waals surface area (Å²) in [5, 5.41) is 0. The second-order valence-corrected chi connectivity index (χ2v) is 8.48. The van der Waals surface area contributed by atoms with Gasteiger partial charge in [-0.05, 0) is 43.2 Å². The van der Waals surface area contributed by atoms with Crippen molar-refractivity contribution >= 4 is 15.9 Å². The fourth-order valence-corrected chi connectivity index (χ4v) is 4.53. The maximum absolute atomic E-state index is 12.7. The van der Waals surface area contributed by atoms with Crippen LogP contribution in [0.4, 0.5) is 0 Å². The maximum Gasteiger partial charge on any atom is 0.226 e. The van der Waals surface area contributed by atoms with Crippen molar-refractivity contribution in [3.05, 3.63) is 35.4 Å². The third-order valence-corrected chi connectivity index (χ3v) is 5.64. The SMILES string of the molecule is CS(=O)(=O)NC1CCN(C(=O)[C@@H]2CCc3ccccc3C2)CC1. The topological polar surface area (TPSA) is 66.5 Å². The fraction of sp³-hybridized carbons (Fsp3) is 0.588. The zero-order chi connectivity index (χ0) is 16.4. The first-order valence-corrected chi connectivity index (χ1v) is 10.1. The molecule has 5 nitrogen and oxygen atoms in total. The van der Waals surface area contributed by atoms with Crippen molar-refractivity contribution in [1.82, 2.24) is 9.62 Å². The molecule has 0 radical (unpaired) electrons. The number of fused-ring (bicyclic) bond motifs is 1. The Hall–Kier alpha value is -1.40. The van der Waals surface area contributed by atoms with Crippen LogP contribution in [-0.4, -0.2) is 44.6 Å². The van der Waals surface area contributed by atoms with Gasteiger partial charge in [-0.2, -0.15) is 0 Å². The zero-order valence-electron chi connectivity index (χ0n) is 13.5. The number of benzene rings is 1. The van der Waals surface area contributed by atoms with Gasteiger partial charge in [0.15, 0.2) is 0 Å². The predicted octanol–water partition coefficient (Wildman–Crippen LogP) is 1.33. The summed E-state index contributed by atoms with van der Waals surface area (Å²) in [7, 11) is -3.17. The molecule has 1 aromatic carbocycles. The summed E-state index contributed by atoms with van der Waals surface area (Å²) >= 11 is 0. The second kappa shape index (κ2) is 6.61. The lowest BCUT2D eigenvalue weighted by Crippen LogP contribution is -2.48. The number of piperidine rings is 1. The minimum Gasteiger partial charge on any atom is -0.342 e. The predicted molar refractivity (Wildman–Crippen MR) is 89.5 cm³/mol. The highest BCUT2D eigenvalue weighted by molar-refractivity contribution is 7.88. The number of hydrogen-bond acceptors (Lipinski definition) is 3. The maximum atomic E-state index is 12.7. The van der Waals surface area contributed by atoms with Gasteiger partial charge >= 0.3 is 0 Å². The largest absolute Gasteiger partial charge is 0.342 e. The summed E-state index contributed by atoms with van der Waals surface area (Å²) < 4.78 is 25.2. The van der Waals surface area contributed by atoms with E-state index in [9.17, 15) is 13.2 Å². The number of carbonyl (C=O) groups excluding carboxylic acids is 1. The van der Waals surface area contributed by atoms with E-state index in [4.69, 9.17) is 0 Å². The van der Waals surface area contributed by atoms with Gasteiger partial charge in [0.1, 0.15) is 0 Å². The first-order chi connectivity index (χ1) is 10.9. The molecule has 0 bridgehead atoms. The Morgan fingerprint density at radius 2 is 1.78 bits per heavy atom. The van der Waals surface area contributed by atoms with E-state index in [1.54, 1.807) is 0 Å². The van der Waals surface area contributed by atoms with E-state index in [0.717, 1.165) is 19.3 Å². The van der Waals surface area contributed by atoms with Gasteiger partial charge in [0, 0.05) is 25.0 Å². The quantitative estimate of drug-likeness (QED) is 0.906. The average molecular weight is 336 g/mol. The van der Waals surface area contributed by atoms with Gasteiger partial charge in [0.05, 0.1) is 6.26 Å². The minimum absolute atomic E-state index is 0.0406. The summed E-state index contributed by atoms with van der Waals surface area (Å²) in [4.78, 5) is 14.7. The van der Waals surface area contributed by atoms with Crippen LogP contribution in [0.5, 0.6) is 0 Å². The summed E-state index contributed by atoms with van der Waals surface area (Å²) in [5.74, 6) is 0.307. The van der Waals surface area contributed by atoms with Crippen LogP contribution in [0.3, 0.4) is 0 Å². The Balaban J connectivity index is 1.56. The third-order valence-electron chi connectivity index (χ3n) is 4.88. The average Bonchev–Trinajstić information content (AvgIpc) is 2.53. The number of carbonyl (C=O) groups is 1. The standard InChI is InChI=1S/C17H24N2O3S/c1-23(21,22)18-16-8-10-19(11-9-16)17(20)15-7-6-13-4-2-3-5-14(13)12-15/h2-5,15-16,18H,6-12H2,1H3/t15-/m1/s1. The number of hydrogen-bond donors (Lipinski definition) is 1. The number of nitrogens with one attached hydrogen (secondary N) is 1. The first-order valence-electron chi connectivity index (χ1n) is 8.25. The van der Waals surface area contributed by atoms with Crippen LogP contribution in [0.15, 0.2) is 24.3 Å². The van der Waals surface area contributed by atoms with Crippen molar-refractivity contribution in [2.24, 2.45) is 5.92 Å². The lowest BCUT2D eigenvalue weighted by Gasteiger charge is -2.35. The van der Waals surface area contributed by atoms with E-state index >= 15 is 0 Å². The van der Waals surface area contributed by atoms with Crippen LogP contribution in [0, 0.1) is 5.92 Å². The van der Waals surface area contributed by atoms with Crippen LogP contribution in [0.1, 0.15) is 30.4 Å².